The monoisotopic (exact) mass is 101 g/mol. The summed E-state index contributed by atoms with van der Waals surface area (Å²) in [7, 11) is 0. The molecule has 0 aliphatic carbocycles. The van der Waals surface area contributed by atoms with Gasteiger partial charge in [-0.05, 0) is 0 Å². The van der Waals surface area contributed by atoms with E-state index >= 15 is 0 Å². The molecular weight excluding hydrogens is 92.1 g/mol. The third-order valence-corrected chi connectivity index (χ3v) is 0.368. The predicted molar refractivity (Wildman–Crippen MR) is 28.8 cm³/mol. The number of urea groups is 1. The Bertz CT molecular complexity index is 83.7. The molecule has 0 radical (unpaired) electrons. The van der Waals surface area contributed by atoms with Crippen molar-refractivity contribution >= 4 is 6.03 Å². The summed E-state index contributed by atoms with van der Waals surface area (Å²) in [6.45, 7) is 3.76. The van der Waals surface area contributed by atoms with Gasteiger partial charge in [-0.3, -0.25) is 0 Å². The minimum Gasteiger partial charge on any atom is -0.303 e. The van der Waals surface area contributed by atoms with Crippen LogP contribution in [0.1, 0.15) is 0 Å². The van der Waals surface area contributed by atoms with E-state index in [1.807, 2.05) is 0 Å². The normalized spacial score (nSPS) is 7.43. The number of amides is 2. The van der Waals surface area contributed by atoms with Gasteiger partial charge in [-0.25, -0.2) is 4.42 Å². The molecule has 0 aromatic heterocycles. The molecule has 0 aliphatic rings. The van der Waals surface area contributed by atoms with E-state index in [4.69, 9.17) is 11.5 Å². The third kappa shape index (κ3) is 5.01. The molecule has 3 heteroatoms. The molecule has 0 aromatic carbocycles. The zero-order chi connectivity index (χ0) is 5.70. The fourth-order valence-corrected chi connectivity index (χ4v) is 0.155. The Balaban J connectivity index is 3.25. The van der Waals surface area contributed by atoms with Crippen molar-refractivity contribution in [1.29, 1.82) is 0 Å². The molecule has 2 amide bonds. The highest BCUT2D eigenvalue weighted by Crippen LogP contribution is 1.74. The van der Waals surface area contributed by atoms with Gasteiger partial charge in [-0.2, -0.15) is 0 Å². The van der Waals surface area contributed by atoms with Gasteiger partial charge >= 0.3 is 6.03 Å². The molecule has 0 heterocycles. The third-order valence-electron chi connectivity index (χ3n) is 0.368. The second kappa shape index (κ2) is 3.21. The second-order valence-electron chi connectivity index (χ2n) is 1.00. The average Bonchev–Trinajstić information content (AvgIpc) is 1.61. The standard InChI is InChI=1S/C4H9N2O/c1-2-3-7-4(5)6/h2H,1,3,5-6H2/q+1. The lowest BCUT2D eigenvalue weighted by Crippen LogP contribution is -2.21. The van der Waals surface area contributed by atoms with E-state index in [0.29, 0.717) is 6.61 Å². The van der Waals surface area contributed by atoms with E-state index in [2.05, 4.69) is 11.0 Å². The quantitative estimate of drug-likeness (QED) is 0.356. The van der Waals surface area contributed by atoms with Crippen molar-refractivity contribution in [2.24, 2.45) is 11.5 Å². The van der Waals surface area contributed by atoms with E-state index in [-0.39, 0.29) is 6.03 Å². The first-order valence-corrected chi connectivity index (χ1v) is 1.89. The van der Waals surface area contributed by atoms with Gasteiger partial charge in [0.25, 0.3) is 6.61 Å². The van der Waals surface area contributed by atoms with Crippen LogP contribution in [-0.4, -0.2) is 12.6 Å². The zero-order valence-corrected chi connectivity index (χ0v) is 4.05. The largest absolute Gasteiger partial charge is 0.495 e. The van der Waals surface area contributed by atoms with Gasteiger partial charge in [-0.1, -0.05) is 6.58 Å². The van der Waals surface area contributed by atoms with E-state index in [1.54, 1.807) is 6.08 Å². The summed E-state index contributed by atoms with van der Waals surface area (Å²) in [6.07, 6.45) is 1.57. The summed E-state index contributed by atoms with van der Waals surface area (Å²) in [6, 6.07) is -0.0140. The lowest BCUT2D eigenvalue weighted by atomic mass is 10.7. The summed E-state index contributed by atoms with van der Waals surface area (Å²) < 4.78 is 4.55. The fourth-order valence-electron chi connectivity index (χ4n) is 0.155. The molecule has 0 rings (SSSR count). The van der Waals surface area contributed by atoms with Crippen LogP contribution < -0.4 is 11.5 Å². The van der Waals surface area contributed by atoms with Gasteiger partial charge in [0.05, 0.1) is 0 Å². The van der Waals surface area contributed by atoms with Crippen LogP contribution >= 0.6 is 0 Å². The maximum Gasteiger partial charge on any atom is 0.495 e. The predicted octanol–water partition coefficient (Wildman–Crippen LogP) is -0.254. The number of hydrogen-bond acceptors (Lipinski definition) is 0. The summed E-state index contributed by atoms with van der Waals surface area (Å²) >= 11 is 0. The molecule has 7 heavy (non-hydrogen) atoms. The van der Waals surface area contributed by atoms with Crippen molar-refractivity contribution in [3.8, 4) is 0 Å². The molecule has 0 bridgehead atoms. The summed E-state index contributed by atoms with van der Waals surface area (Å²) in [5.74, 6) is 0. The molecule has 0 aromatic rings. The lowest BCUT2D eigenvalue weighted by molar-refractivity contribution is -0.115. The maximum absolute atomic E-state index is 4.90. The number of hydrogen-bond donors (Lipinski definition) is 2. The molecule has 0 saturated carbocycles. The van der Waals surface area contributed by atoms with Crippen molar-refractivity contribution in [3.63, 3.8) is 0 Å². The Morgan fingerprint density at radius 2 is 2.29 bits per heavy atom. The Kier molecular flexibility index (Phi) is 2.76. The van der Waals surface area contributed by atoms with E-state index in [9.17, 15) is 0 Å². The van der Waals surface area contributed by atoms with Crippen LogP contribution in [0.25, 0.3) is 0 Å². The van der Waals surface area contributed by atoms with Crippen LogP contribution in [0.2, 0.25) is 0 Å². The number of nitrogens with two attached hydrogens (primary N) is 2. The molecule has 3 nitrogen and oxygen atoms in total. The molecule has 0 unspecified atom stereocenters. The van der Waals surface area contributed by atoms with Crippen LogP contribution in [0.15, 0.2) is 12.7 Å². The van der Waals surface area contributed by atoms with Crippen LogP contribution in [0.5, 0.6) is 0 Å². The molecule has 40 valence electrons. The van der Waals surface area contributed by atoms with Crippen LogP contribution in [0, 0.1) is 0 Å². The van der Waals surface area contributed by atoms with Crippen LogP contribution in [0.4, 0.5) is 4.42 Å². The maximum atomic E-state index is 4.90. The van der Waals surface area contributed by atoms with E-state index in [0.717, 1.165) is 0 Å². The van der Waals surface area contributed by atoms with Gasteiger partial charge in [0.2, 0.25) is 0 Å². The minimum absolute atomic E-state index is 0.0140. The Morgan fingerprint density at radius 1 is 1.71 bits per heavy atom. The number of primary amides is 2. The van der Waals surface area contributed by atoms with E-state index < -0.39 is 0 Å². The molecular formula is C4H9N2O+. The van der Waals surface area contributed by atoms with Gasteiger partial charge in [0.1, 0.15) is 0 Å². The fraction of sp³-hybridized carbons (Fsp3) is 0.250. The van der Waals surface area contributed by atoms with Crippen molar-refractivity contribution in [2.75, 3.05) is 6.61 Å². The molecule has 0 fully saturated rings. The van der Waals surface area contributed by atoms with Crippen molar-refractivity contribution in [2.45, 2.75) is 0 Å². The summed E-state index contributed by atoms with van der Waals surface area (Å²) in [5, 5.41) is 0. The molecule has 0 spiro atoms. The second-order valence-corrected chi connectivity index (χ2v) is 1.00. The number of rotatable bonds is 2. The van der Waals surface area contributed by atoms with Crippen molar-refractivity contribution < 1.29 is 4.42 Å². The first kappa shape index (κ1) is 6.01. The first-order chi connectivity index (χ1) is 3.27. The van der Waals surface area contributed by atoms with Gasteiger partial charge in [0, 0.05) is 6.08 Å². The Morgan fingerprint density at radius 3 is 2.43 bits per heavy atom. The van der Waals surface area contributed by atoms with Gasteiger partial charge in [0.15, 0.2) is 0 Å². The van der Waals surface area contributed by atoms with Crippen LogP contribution in [-0.2, 0) is 0 Å². The van der Waals surface area contributed by atoms with Gasteiger partial charge < -0.3 is 11.5 Å². The molecule has 0 atom stereocenters. The molecule has 0 aliphatic heterocycles. The average molecular weight is 101 g/mol. The summed E-state index contributed by atoms with van der Waals surface area (Å²) in [5.41, 5.74) is 9.81. The number of carbonyl (C=O) groups excluding carboxylic acids is 1. The highest BCUT2D eigenvalue weighted by Gasteiger charge is 1.88. The van der Waals surface area contributed by atoms with Gasteiger partial charge in [-0.15, -0.1) is 0 Å². The van der Waals surface area contributed by atoms with Crippen molar-refractivity contribution in [3.05, 3.63) is 12.7 Å². The van der Waals surface area contributed by atoms with Crippen LogP contribution in [0.3, 0.4) is 0 Å². The lowest BCUT2D eigenvalue weighted by Gasteiger charge is -1.69. The van der Waals surface area contributed by atoms with E-state index in [1.165, 1.54) is 0 Å². The Labute approximate surface area is 42.3 Å². The SMILES string of the molecule is C=CC[O+]=C(N)N. The highest BCUT2D eigenvalue weighted by atomic mass is 16.4. The zero-order valence-electron chi connectivity index (χ0n) is 4.05. The molecule has 4 N–H and O–H groups in total. The highest BCUT2D eigenvalue weighted by molar-refractivity contribution is 5.69. The summed E-state index contributed by atoms with van der Waals surface area (Å²) in [4.78, 5) is 0. The minimum atomic E-state index is -0.0140. The first-order valence-electron chi connectivity index (χ1n) is 1.89. The smallest absolute Gasteiger partial charge is 0.303 e. The Hall–Kier alpha value is -0.990. The topological polar surface area (TPSA) is 63.3 Å². The van der Waals surface area contributed by atoms with Crippen molar-refractivity contribution in [1.82, 2.24) is 0 Å². The molecule has 0 saturated heterocycles.